The number of halogens is 1. The lowest BCUT2D eigenvalue weighted by Gasteiger charge is -2.31. The highest BCUT2D eigenvalue weighted by Crippen LogP contribution is 2.33. The van der Waals surface area contributed by atoms with Gasteiger partial charge in [0, 0.05) is 18.6 Å². The summed E-state index contributed by atoms with van der Waals surface area (Å²) in [5.41, 5.74) is 0.833. The molecule has 33 heavy (non-hydrogen) atoms. The first-order valence-corrected chi connectivity index (χ1v) is 12.2. The summed E-state index contributed by atoms with van der Waals surface area (Å²) in [5.74, 6) is -0.149. The van der Waals surface area contributed by atoms with Gasteiger partial charge in [0.1, 0.15) is 24.1 Å². The van der Waals surface area contributed by atoms with Crippen molar-refractivity contribution >= 4 is 39.1 Å². The van der Waals surface area contributed by atoms with Crippen LogP contribution in [0.5, 0.6) is 11.5 Å². The number of carbonyl (C=O) groups is 2. The Labute approximate surface area is 199 Å². The molecule has 2 aromatic carbocycles. The third-order valence-electron chi connectivity index (χ3n) is 4.99. The van der Waals surface area contributed by atoms with Crippen molar-refractivity contribution in [2.75, 3.05) is 38.4 Å². The van der Waals surface area contributed by atoms with Gasteiger partial charge in [-0.1, -0.05) is 23.7 Å². The number of hydrogen-bond donors (Lipinski definition) is 1. The van der Waals surface area contributed by atoms with Gasteiger partial charge in [-0.15, -0.1) is 0 Å². The molecule has 2 aromatic rings. The van der Waals surface area contributed by atoms with E-state index in [9.17, 15) is 18.0 Å². The van der Waals surface area contributed by atoms with Crippen molar-refractivity contribution in [3.63, 3.8) is 0 Å². The molecule has 0 aliphatic carbocycles. The molecule has 9 nitrogen and oxygen atoms in total. The molecule has 2 rings (SSSR count). The molecule has 0 aliphatic rings. The Balaban J connectivity index is 2.46. The van der Waals surface area contributed by atoms with Gasteiger partial charge in [-0.3, -0.25) is 13.9 Å². The summed E-state index contributed by atoms with van der Waals surface area (Å²) >= 11 is 6.08. The van der Waals surface area contributed by atoms with Gasteiger partial charge in [0.25, 0.3) is 0 Å². The molecule has 11 heteroatoms. The maximum absolute atomic E-state index is 13.4. The van der Waals surface area contributed by atoms with Gasteiger partial charge in [-0.25, -0.2) is 8.42 Å². The average molecular weight is 498 g/mol. The predicted molar refractivity (Wildman–Crippen MR) is 127 cm³/mol. The van der Waals surface area contributed by atoms with Crippen LogP contribution in [0.25, 0.3) is 0 Å². The first-order valence-electron chi connectivity index (χ1n) is 9.97. The number of hydrogen-bond acceptors (Lipinski definition) is 6. The zero-order chi connectivity index (χ0) is 24.8. The van der Waals surface area contributed by atoms with E-state index in [4.69, 9.17) is 21.1 Å². The number of nitrogens with one attached hydrogen (secondary N) is 1. The van der Waals surface area contributed by atoms with E-state index in [1.54, 1.807) is 37.3 Å². The highest BCUT2D eigenvalue weighted by Gasteiger charge is 2.31. The molecule has 0 radical (unpaired) electrons. The first kappa shape index (κ1) is 26.3. The first-order chi connectivity index (χ1) is 15.5. The Morgan fingerprint density at radius 2 is 1.82 bits per heavy atom. The fourth-order valence-electron chi connectivity index (χ4n) is 3.21. The lowest BCUT2D eigenvalue weighted by atomic mass is 10.1. The zero-order valence-corrected chi connectivity index (χ0v) is 20.7. The van der Waals surface area contributed by atoms with Gasteiger partial charge in [0.2, 0.25) is 21.8 Å². The van der Waals surface area contributed by atoms with Crippen LogP contribution in [0.15, 0.2) is 42.5 Å². The summed E-state index contributed by atoms with van der Waals surface area (Å²) in [6, 6.07) is 10.7. The van der Waals surface area contributed by atoms with E-state index in [1.165, 1.54) is 38.3 Å². The average Bonchev–Trinajstić information content (AvgIpc) is 2.79. The van der Waals surface area contributed by atoms with Crippen LogP contribution in [0.1, 0.15) is 12.5 Å². The molecule has 0 unspecified atom stereocenters. The van der Waals surface area contributed by atoms with Gasteiger partial charge in [0.15, 0.2) is 0 Å². The molecule has 1 atom stereocenters. The minimum atomic E-state index is -3.90. The Bertz CT molecular complexity index is 1110. The number of sulfonamides is 1. The molecule has 180 valence electrons. The summed E-state index contributed by atoms with van der Waals surface area (Å²) in [6.45, 7) is 1.08. The van der Waals surface area contributed by atoms with Crippen molar-refractivity contribution in [1.29, 1.82) is 0 Å². The van der Waals surface area contributed by atoms with Gasteiger partial charge >= 0.3 is 0 Å². The van der Waals surface area contributed by atoms with E-state index in [1.807, 2.05) is 0 Å². The maximum atomic E-state index is 13.4. The normalized spacial score (nSPS) is 11.9. The number of methoxy groups -OCH3 is 2. The maximum Gasteiger partial charge on any atom is 0.244 e. The van der Waals surface area contributed by atoms with Crippen LogP contribution in [0.4, 0.5) is 5.69 Å². The van der Waals surface area contributed by atoms with Crippen molar-refractivity contribution in [3.05, 3.63) is 53.1 Å². The monoisotopic (exact) mass is 497 g/mol. The second-order valence-corrected chi connectivity index (χ2v) is 9.59. The van der Waals surface area contributed by atoms with Gasteiger partial charge < -0.3 is 19.7 Å². The number of nitrogens with zero attached hydrogens (tertiary/aromatic N) is 2. The van der Waals surface area contributed by atoms with Crippen LogP contribution in [0.2, 0.25) is 5.02 Å². The standard InChI is InChI=1S/C22H28ClN3O6S/c1-15(22(28)24-2)25(13-16-7-6-8-18(11-16)31-3)21(27)14-26(33(5,29)30)19-12-17(23)9-10-20(19)32-4/h6-12,15H,13-14H2,1-5H3,(H,24,28)/t15-/m1/s1. The summed E-state index contributed by atoms with van der Waals surface area (Å²) < 4.78 is 36.7. The molecule has 0 heterocycles. The molecule has 0 aliphatic heterocycles. The Morgan fingerprint density at radius 1 is 1.12 bits per heavy atom. The third-order valence-corrected chi connectivity index (χ3v) is 6.35. The van der Waals surface area contributed by atoms with E-state index in [0.717, 1.165) is 10.6 Å². The van der Waals surface area contributed by atoms with Crippen LogP contribution in [-0.2, 0) is 26.2 Å². The fraction of sp³-hybridized carbons (Fsp3) is 0.364. The van der Waals surface area contributed by atoms with Crippen molar-refractivity contribution in [1.82, 2.24) is 10.2 Å². The van der Waals surface area contributed by atoms with Crippen molar-refractivity contribution in [2.45, 2.75) is 19.5 Å². The van der Waals surface area contributed by atoms with Crippen LogP contribution < -0.4 is 19.1 Å². The van der Waals surface area contributed by atoms with Crippen LogP contribution in [-0.4, -0.2) is 65.2 Å². The summed E-state index contributed by atoms with van der Waals surface area (Å²) in [6.07, 6.45) is 0.981. The second-order valence-electron chi connectivity index (χ2n) is 7.25. The van der Waals surface area contributed by atoms with Crippen molar-refractivity contribution in [3.8, 4) is 11.5 Å². The van der Waals surface area contributed by atoms with Gasteiger partial charge in [-0.2, -0.15) is 0 Å². The number of carbonyl (C=O) groups excluding carboxylic acids is 2. The molecule has 2 amide bonds. The number of likely N-dealkylation sites (N-methyl/N-ethyl adjacent to an activating group) is 1. The number of ether oxygens (including phenoxy) is 2. The summed E-state index contributed by atoms with van der Waals surface area (Å²) in [5, 5.41) is 2.80. The Kier molecular flexibility index (Phi) is 8.95. The minimum absolute atomic E-state index is 0.0644. The molecule has 1 N–H and O–H groups in total. The summed E-state index contributed by atoms with van der Waals surface area (Å²) in [7, 11) is 0.473. The molecule has 0 bridgehead atoms. The molecule has 0 saturated carbocycles. The quantitative estimate of drug-likeness (QED) is 0.540. The summed E-state index contributed by atoms with van der Waals surface area (Å²) in [4.78, 5) is 27.1. The van der Waals surface area contributed by atoms with Gasteiger partial charge in [0.05, 0.1) is 26.2 Å². The Morgan fingerprint density at radius 3 is 2.39 bits per heavy atom. The van der Waals surface area contributed by atoms with E-state index >= 15 is 0 Å². The van der Waals surface area contributed by atoms with Crippen LogP contribution in [0.3, 0.4) is 0 Å². The van der Waals surface area contributed by atoms with Crippen LogP contribution in [0, 0.1) is 0 Å². The SMILES string of the molecule is CNC(=O)[C@@H](C)N(Cc1cccc(OC)c1)C(=O)CN(c1cc(Cl)ccc1OC)S(C)(=O)=O. The third kappa shape index (κ3) is 6.75. The van der Waals surface area contributed by atoms with Gasteiger partial charge in [-0.05, 0) is 42.8 Å². The fourth-order valence-corrected chi connectivity index (χ4v) is 4.22. The predicted octanol–water partition coefficient (Wildman–Crippen LogP) is 2.29. The van der Waals surface area contributed by atoms with Crippen molar-refractivity contribution in [2.24, 2.45) is 0 Å². The number of amides is 2. The molecular weight excluding hydrogens is 470 g/mol. The molecule has 0 spiro atoms. The smallest absolute Gasteiger partial charge is 0.244 e. The number of benzene rings is 2. The Hall–Kier alpha value is -2.98. The number of anilines is 1. The molecule has 0 fully saturated rings. The van der Waals surface area contributed by atoms with E-state index < -0.39 is 34.4 Å². The van der Waals surface area contributed by atoms with E-state index in [2.05, 4.69) is 5.32 Å². The number of rotatable bonds is 10. The molecular formula is C22H28ClN3O6S. The highest BCUT2D eigenvalue weighted by atomic mass is 35.5. The van der Waals surface area contributed by atoms with Crippen molar-refractivity contribution < 1.29 is 27.5 Å². The lowest BCUT2D eigenvalue weighted by molar-refractivity contribution is -0.139. The molecule has 0 saturated heterocycles. The second kappa shape index (κ2) is 11.2. The minimum Gasteiger partial charge on any atom is -0.497 e. The van der Waals surface area contributed by atoms with E-state index in [-0.39, 0.29) is 23.0 Å². The van der Waals surface area contributed by atoms with Crippen LogP contribution >= 0.6 is 11.6 Å². The van der Waals surface area contributed by atoms with E-state index in [0.29, 0.717) is 11.3 Å². The topological polar surface area (TPSA) is 105 Å². The zero-order valence-electron chi connectivity index (χ0n) is 19.2. The molecule has 0 aromatic heterocycles. The largest absolute Gasteiger partial charge is 0.497 e. The highest BCUT2D eigenvalue weighted by molar-refractivity contribution is 7.92. The lowest BCUT2D eigenvalue weighted by Crippen LogP contribution is -2.50.